The normalized spacial score (nSPS) is 43.9. The Bertz CT molecular complexity index is 630. The largest absolute Gasteiger partial charge is 0.295 e. The number of carbonyl (C=O) groups is 1. The highest BCUT2D eigenvalue weighted by atomic mass is 16.1. The van der Waals surface area contributed by atoms with Gasteiger partial charge in [-0.3, -0.25) is 4.79 Å². The van der Waals surface area contributed by atoms with Crippen LogP contribution in [0.4, 0.5) is 0 Å². The summed E-state index contributed by atoms with van der Waals surface area (Å²) in [5.74, 6) is 4.61. The van der Waals surface area contributed by atoms with Gasteiger partial charge in [0.2, 0.25) is 0 Å². The number of hydrogen-bond donors (Lipinski definition) is 0. The molecule has 0 radical (unpaired) electrons. The van der Waals surface area contributed by atoms with Crippen LogP contribution >= 0.6 is 0 Å². The number of ketones is 1. The van der Waals surface area contributed by atoms with Gasteiger partial charge in [0.15, 0.2) is 5.78 Å². The molecule has 3 fully saturated rings. The fourth-order valence-electron chi connectivity index (χ4n) is 8.46. The molecule has 0 aromatic heterocycles. The Morgan fingerprint density at radius 3 is 2.54 bits per heavy atom. The van der Waals surface area contributed by atoms with E-state index in [1.54, 1.807) is 0 Å². The van der Waals surface area contributed by atoms with Crippen LogP contribution in [0, 0.1) is 46.3 Å². The van der Waals surface area contributed by atoms with Gasteiger partial charge in [-0.2, -0.15) is 0 Å². The maximum absolute atomic E-state index is 13.4. The third-order valence-electron chi connectivity index (χ3n) is 10.1. The van der Waals surface area contributed by atoms with Crippen LogP contribution in [0.3, 0.4) is 0 Å². The van der Waals surface area contributed by atoms with E-state index in [0.717, 1.165) is 17.8 Å². The summed E-state index contributed by atoms with van der Waals surface area (Å²) >= 11 is 0. The fourth-order valence-corrected chi connectivity index (χ4v) is 8.46. The maximum atomic E-state index is 13.4. The molecule has 4 aliphatic rings. The minimum atomic E-state index is 0.332. The fraction of sp³-hybridized carbons (Fsp3) is 0.889. The van der Waals surface area contributed by atoms with Crippen LogP contribution in [0.25, 0.3) is 0 Å². The summed E-state index contributed by atoms with van der Waals surface area (Å²) in [6, 6.07) is 0. The molecule has 28 heavy (non-hydrogen) atoms. The van der Waals surface area contributed by atoms with E-state index in [0.29, 0.717) is 34.4 Å². The summed E-state index contributed by atoms with van der Waals surface area (Å²) in [5.41, 5.74) is 2.26. The first-order chi connectivity index (χ1) is 13.3. The molecule has 3 saturated carbocycles. The molecule has 4 aliphatic carbocycles. The number of hydrogen-bond acceptors (Lipinski definition) is 1. The van der Waals surface area contributed by atoms with E-state index in [9.17, 15) is 4.79 Å². The molecule has 0 N–H and O–H groups in total. The van der Waals surface area contributed by atoms with Crippen LogP contribution in [0.1, 0.15) is 105 Å². The monoisotopic (exact) mass is 384 g/mol. The zero-order chi connectivity index (χ0) is 20.1. The second kappa shape index (κ2) is 7.59. The van der Waals surface area contributed by atoms with Crippen molar-refractivity contribution in [3.8, 4) is 0 Å². The lowest BCUT2D eigenvalue weighted by Crippen LogP contribution is -2.53. The molecule has 0 saturated heterocycles. The van der Waals surface area contributed by atoms with Gasteiger partial charge in [-0.1, -0.05) is 65.9 Å². The highest BCUT2D eigenvalue weighted by Crippen LogP contribution is 2.66. The number of fused-ring (bicyclic) bond motifs is 5. The third kappa shape index (κ3) is 3.24. The van der Waals surface area contributed by atoms with E-state index >= 15 is 0 Å². The summed E-state index contributed by atoms with van der Waals surface area (Å²) in [4.78, 5) is 13.4. The van der Waals surface area contributed by atoms with Gasteiger partial charge in [-0.05, 0) is 91.4 Å². The molecule has 0 aromatic carbocycles. The second-order valence-electron chi connectivity index (χ2n) is 12.0. The molecule has 1 nitrogen and oxygen atoms in total. The third-order valence-corrected chi connectivity index (χ3v) is 10.1. The summed E-state index contributed by atoms with van der Waals surface area (Å²) < 4.78 is 0. The van der Waals surface area contributed by atoms with E-state index in [2.05, 4.69) is 40.7 Å². The molecule has 0 amide bonds. The average Bonchev–Trinajstić information content (AvgIpc) is 2.99. The Kier molecular flexibility index (Phi) is 5.60. The van der Waals surface area contributed by atoms with E-state index in [-0.39, 0.29) is 0 Å². The molecule has 158 valence electrons. The van der Waals surface area contributed by atoms with Crippen LogP contribution < -0.4 is 0 Å². The van der Waals surface area contributed by atoms with E-state index < -0.39 is 0 Å². The van der Waals surface area contributed by atoms with Gasteiger partial charge < -0.3 is 0 Å². The highest BCUT2D eigenvalue weighted by molar-refractivity contribution is 5.94. The van der Waals surface area contributed by atoms with Crippen LogP contribution in [0.5, 0.6) is 0 Å². The number of rotatable bonds is 5. The predicted octanol–water partition coefficient (Wildman–Crippen LogP) is 7.60. The molecule has 3 unspecified atom stereocenters. The van der Waals surface area contributed by atoms with Crippen molar-refractivity contribution in [3.05, 3.63) is 11.6 Å². The number of allylic oxidation sites excluding steroid dienone is 2. The van der Waals surface area contributed by atoms with Crippen molar-refractivity contribution in [2.75, 3.05) is 0 Å². The molecule has 0 bridgehead atoms. The molecule has 4 rings (SSSR count). The molecular weight excluding hydrogens is 340 g/mol. The summed E-state index contributed by atoms with van der Waals surface area (Å²) in [7, 11) is 0. The van der Waals surface area contributed by atoms with Gasteiger partial charge in [-0.25, -0.2) is 0 Å². The first-order valence-corrected chi connectivity index (χ1v) is 12.5. The van der Waals surface area contributed by atoms with E-state index in [1.165, 1.54) is 76.2 Å². The maximum Gasteiger partial charge on any atom is 0.159 e. The lowest BCUT2D eigenvalue weighted by atomic mass is 9.47. The smallest absolute Gasteiger partial charge is 0.159 e. The van der Waals surface area contributed by atoms with Crippen molar-refractivity contribution in [3.63, 3.8) is 0 Å². The quantitative estimate of drug-likeness (QED) is 0.477. The van der Waals surface area contributed by atoms with Crippen molar-refractivity contribution in [1.29, 1.82) is 0 Å². The molecule has 0 aromatic rings. The second-order valence-corrected chi connectivity index (χ2v) is 12.0. The Morgan fingerprint density at radius 2 is 1.79 bits per heavy atom. The summed E-state index contributed by atoms with van der Waals surface area (Å²) in [6.45, 7) is 12.3. The van der Waals surface area contributed by atoms with Gasteiger partial charge in [0.25, 0.3) is 0 Å². The molecule has 0 aliphatic heterocycles. The van der Waals surface area contributed by atoms with Gasteiger partial charge in [0.1, 0.15) is 0 Å². The van der Waals surface area contributed by atoms with Crippen molar-refractivity contribution >= 4 is 5.78 Å². The zero-order valence-corrected chi connectivity index (χ0v) is 19.2. The molecule has 7 atom stereocenters. The van der Waals surface area contributed by atoms with Crippen molar-refractivity contribution in [1.82, 2.24) is 0 Å². The van der Waals surface area contributed by atoms with Gasteiger partial charge in [0.05, 0.1) is 0 Å². The topological polar surface area (TPSA) is 17.1 Å². The summed E-state index contributed by atoms with van der Waals surface area (Å²) in [5, 5.41) is 0. The predicted molar refractivity (Wildman–Crippen MR) is 118 cm³/mol. The van der Waals surface area contributed by atoms with Gasteiger partial charge in [-0.15, -0.1) is 0 Å². The van der Waals surface area contributed by atoms with Crippen molar-refractivity contribution < 1.29 is 4.79 Å². The minimum Gasteiger partial charge on any atom is -0.295 e. The van der Waals surface area contributed by atoms with Crippen LogP contribution in [0.15, 0.2) is 11.6 Å². The molecule has 0 heterocycles. The van der Waals surface area contributed by atoms with Crippen LogP contribution in [-0.2, 0) is 4.79 Å². The Hall–Kier alpha value is -0.590. The van der Waals surface area contributed by atoms with E-state index in [4.69, 9.17) is 0 Å². The summed E-state index contributed by atoms with van der Waals surface area (Å²) in [6.07, 6.45) is 16.8. The Morgan fingerprint density at radius 1 is 1.00 bits per heavy atom. The average molecular weight is 385 g/mol. The number of carbonyl (C=O) groups excluding carboxylic acids is 1. The van der Waals surface area contributed by atoms with Crippen LogP contribution in [-0.4, -0.2) is 5.78 Å². The Balaban J connectivity index is 1.54. The first-order valence-electron chi connectivity index (χ1n) is 12.5. The zero-order valence-electron chi connectivity index (χ0n) is 19.2. The lowest BCUT2D eigenvalue weighted by molar-refractivity contribution is -0.134. The standard InChI is InChI=1S/C27H44O/c1-18(2)9-8-10-19(3)21-12-13-22-25-23(14-16-27(21,22)5)26(4)15-7-6-11-20(26)17-24(25)28/h17-19,21-23,25H,6-16H2,1-5H3/t19-,21-,22?,23?,25?,26+,27-/m1/s1. The van der Waals surface area contributed by atoms with Gasteiger partial charge in [0, 0.05) is 5.92 Å². The van der Waals surface area contributed by atoms with E-state index in [1.807, 2.05) is 0 Å². The molecular formula is C27H44O. The molecule has 0 spiro atoms. The highest BCUT2D eigenvalue weighted by Gasteiger charge is 2.60. The first kappa shape index (κ1) is 20.7. The Labute approximate surface area is 174 Å². The van der Waals surface area contributed by atoms with Crippen molar-refractivity contribution in [2.24, 2.45) is 46.3 Å². The minimum absolute atomic E-state index is 0.332. The van der Waals surface area contributed by atoms with Gasteiger partial charge >= 0.3 is 0 Å². The molecule has 1 heteroatoms. The SMILES string of the molecule is CC(C)CCC[C@@H](C)[C@H]1CCC2C3C(=O)C=C4CCCC[C@]4(C)C3CC[C@@]21C. The van der Waals surface area contributed by atoms with Crippen molar-refractivity contribution in [2.45, 2.75) is 105 Å². The van der Waals surface area contributed by atoms with Crippen LogP contribution in [0.2, 0.25) is 0 Å². The lowest BCUT2D eigenvalue weighted by Gasteiger charge is -2.57.